The molecular weight excluding hydrogens is 252 g/mol. The van der Waals surface area contributed by atoms with Gasteiger partial charge < -0.3 is 20.1 Å². The summed E-state index contributed by atoms with van der Waals surface area (Å²) in [4.78, 5) is 0. The molecule has 0 aliphatic heterocycles. The Morgan fingerprint density at radius 3 is 1.60 bits per heavy atom. The molecule has 1 aromatic rings. The van der Waals surface area contributed by atoms with Crippen LogP contribution >= 0.6 is 0 Å². The fourth-order valence-electron chi connectivity index (χ4n) is 1.99. The molecule has 2 N–H and O–H groups in total. The van der Waals surface area contributed by atoms with Gasteiger partial charge in [-0.1, -0.05) is 12.1 Å². The summed E-state index contributed by atoms with van der Waals surface area (Å²) in [6.07, 6.45) is 0.408. The average Bonchev–Trinajstić information content (AvgIpc) is 2.44. The molecule has 0 fully saturated rings. The molecule has 0 spiro atoms. The molecule has 1 rings (SSSR count). The molecule has 0 heterocycles. The zero-order valence-electron chi connectivity index (χ0n) is 13.1. The van der Waals surface area contributed by atoms with Gasteiger partial charge in [0.25, 0.3) is 0 Å². The highest BCUT2D eigenvalue weighted by Crippen LogP contribution is 2.21. The number of hydrogen-bond acceptors (Lipinski definition) is 4. The summed E-state index contributed by atoms with van der Waals surface area (Å²) in [5, 5.41) is 6.85. The Bertz CT molecular complexity index is 336. The summed E-state index contributed by atoms with van der Waals surface area (Å²) in [5.74, 6) is 0. The SMILES string of the molecule is CCOC(C)CNc1ccccc1NCC(C)OCC. The van der Waals surface area contributed by atoms with Crippen molar-refractivity contribution >= 4 is 11.4 Å². The molecule has 4 nitrogen and oxygen atoms in total. The minimum absolute atomic E-state index is 0.204. The van der Waals surface area contributed by atoms with Crippen LogP contribution in [-0.4, -0.2) is 38.5 Å². The van der Waals surface area contributed by atoms with Gasteiger partial charge in [0.1, 0.15) is 0 Å². The standard InChI is InChI=1S/C16H28N2O2/c1-5-19-13(3)11-17-15-9-7-8-10-16(15)18-12-14(4)20-6-2/h7-10,13-14,17-18H,5-6,11-12H2,1-4H3. The van der Waals surface area contributed by atoms with E-state index in [-0.39, 0.29) is 12.2 Å². The first-order chi connectivity index (χ1) is 9.67. The Kier molecular flexibility index (Phi) is 8.07. The van der Waals surface area contributed by atoms with Gasteiger partial charge in [-0.2, -0.15) is 0 Å². The van der Waals surface area contributed by atoms with E-state index in [4.69, 9.17) is 9.47 Å². The van der Waals surface area contributed by atoms with E-state index in [2.05, 4.69) is 36.6 Å². The number of ether oxygens (including phenoxy) is 2. The summed E-state index contributed by atoms with van der Waals surface area (Å²) in [5.41, 5.74) is 2.20. The van der Waals surface area contributed by atoms with Crippen LogP contribution in [0.1, 0.15) is 27.7 Å². The maximum atomic E-state index is 5.53. The Labute approximate surface area is 122 Å². The van der Waals surface area contributed by atoms with Crippen LogP contribution in [0.2, 0.25) is 0 Å². The molecule has 0 amide bonds. The minimum atomic E-state index is 0.204. The Morgan fingerprint density at radius 1 is 0.850 bits per heavy atom. The maximum absolute atomic E-state index is 5.53. The molecule has 4 heteroatoms. The second kappa shape index (κ2) is 9.61. The van der Waals surface area contributed by atoms with Crippen molar-refractivity contribution < 1.29 is 9.47 Å². The lowest BCUT2D eigenvalue weighted by Gasteiger charge is -2.18. The molecule has 0 aliphatic carbocycles. The lowest BCUT2D eigenvalue weighted by Crippen LogP contribution is -2.22. The number of rotatable bonds is 10. The van der Waals surface area contributed by atoms with Crippen LogP contribution in [-0.2, 0) is 9.47 Å². The molecule has 0 aliphatic rings. The molecule has 0 saturated carbocycles. The van der Waals surface area contributed by atoms with Gasteiger partial charge in [-0.05, 0) is 39.8 Å². The first-order valence-electron chi connectivity index (χ1n) is 7.47. The van der Waals surface area contributed by atoms with Crippen molar-refractivity contribution in [3.05, 3.63) is 24.3 Å². The van der Waals surface area contributed by atoms with E-state index in [1.807, 2.05) is 26.0 Å². The van der Waals surface area contributed by atoms with Gasteiger partial charge in [0.05, 0.1) is 23.6 Å². The van der Waals surface area contributed by atoms with Crippen LogP contribution in [0.4, 0.5) is 11.4 Å². The molecule has 2 unspecified atom stereocenters. The van der Waals surface area contributed by atoms with Crippen molar-refractivity contribution in [3.8, 4) is 0 Å². The van der Waals surface area contributed by atoms with E-state index < -0.39 is 0 Å². The highest BCUT2D eigenvalue weighted by molar-refractivity contribution is 5.68. The lowest BCUT2D eigenvalue weighted by molar-refractivity contribution is 0.0850. The van der Waals surface area contributed by atoms with Crippen LogP contribution < -0.4 is 10.6 Å². The zero-order chi connectivity index (χ0) is 14.8. The normalized spacial score (nSPS) is 13.8. The molecule has 0 saturated heterocycles. The average molecular weight is 280 g/mol. The van der Waals surface area contributed by atoms with Gasteiger partial charge in [-0.3, -0.25) is 0 Å². The number of anilines is 2. The van der Waals surface area contributed by atoms with Gasteiger partial charge >= 0.3 is 0 Å². The number of para-hydroxylation sites is 2. The fraction of sp³-hybridized carbons (Fsp3) is 0.625. The quantitative estimate of drug-likeness (QED) is 0.689. The number of benzene rings is 1. The summed E-state index contributed by atoms with van der Waals surface area (Å²) >= 11 is 0. The first-order valence-corrected chi connectivity index (χ1v) is 7.47. The molecule has 0 bridgehead atoms. The largest absolute Gasteiger partial charge is 0.381 e. The predicted octanol–water partition coefficient (Wildman–Crippen LogP) is 3.36. The van der Waals surface area contributed by atoms with Crippen LogP contribution in [0.25, 0.3) is 0 Å². The predicted molar refractivity (Wildman–Crippen MR) is 85.6 cm³/mol. The summed E-state index contributed by atoms with van der Waals surface area (Å²) < 4.78 is 11.1. The summed E-state index contributed by atoms with van der Waals surface area (Å²) in [7, 11) is 0. The van der Waals surface area contributed by atoms with Crippen LogP contribution in [0, 0.1) is 0 Å². The van der Waals surface area contributed by atoms with Gasteiger partial charge in [-0.15, -0.1) is 0 Å². The molecule has 20 heavy (non-hydrogen) atoms. The maximum Gasteiger partial charge on any atom is 0.0719 e. The fourth-order valence-corrected chi connectivity index (χ4v) is 1.99. The van der Waals surface area contributed by atoms with Crippen LogP contribution in [0.3, 0.4) is 0 Å². The first kappa shape index (κ1) is 16.8. The topological polar surface area (TPSA) is 42.5 Å². The van der Waals surface area contributed by atoms with Gasteiger partial charge in [0.15, 0.2) is 0 Å². The molecule has 0 aromatic heterocycles. The molecular formula is C16H28N2O2. The number of hydrogen-bond donors (Lipinski definition) is 2. The van der Waals surface area contributed by atoms with E-state index in [1.54, 1.807) is 0 Å². The highest BCUT2D eigenvalue weighted by Gasteiger charge is 2.06. The number of nitrogens with one attached hydrogen (secondary N) is 2. The Morgan fingerprint density at radius 2 is 1.25 bits per heavy atom. The molecule has 114 valence electrons. The van der Waals surface area contributed by atoms with E-state index in [1.165, 1.54) is 0 Å². The Balaban J connectivity index is 2.50. The Hall–Kier alpha value is -1.26. The van der Waals surface area contributed by atoms with Crippen molar-refractivity contribution in [1.82, 2.24) is 0 Å². The zero-order valence-corrected chi connectivity index (χ0v) is 13.1. The second-order valence-electron chi connectivity index (χ2n) is 4.84. The molecule has 2 atom stereocenters. The van der Waals surface area contributed by atoms with Gasteiger partial charge in [0.2, 0.25) is 0 Å². The third-order valence-corrected chi connectivity index (χ3v) is 2.99. The minimum Gasteiger partial charge on any atom is -0.381 e. The third kappa shape index (κ3) is 6.26. The van der Waals surface area contributed by atoms with Crippen LogP contribution in [0.15, 0.2) is 24.3 Å². The van der Waals surface area contributed by atoms with E-state index in [0.717, 1.165) is 37.7 Å². The lowest BCUT2D eigenvalue weighted by atomic mass is 10.2. The molecule has 1 aromatic carbocycles. The monoisotopic (exact) mass is 280 g/mol. The van der Waals surface area contributed by atoms with Crippen molar-refractivity contribution in [2.45, 2.75) is 39.9 Å². The van der Waals surface area contributed by atoms with Gasteiger partial charge in [-0.25, -0.2) is 0 Å². The van der Waals surface area contributed by atoms with Crippen molar-refractivity contribution in [2.75, 3.05) is 36.9 Å². The second-order valence-corrected chi connectivity index (χ2v) is 4.84. The van der Waals surface area contributed by atoms with Crippen molar-refractivity contribution in [3.63, 3.8) is 0 Å². The van der Waals surface area contributed by atoms with E-state index >= 15 is 0 Å². The van der Waals surface area contributed by atoms with Gasteiger partial charge in [0, 0.05) is 26.3 Å². The smallest absolute Gasteiger partial charge is 0.0719 e. The van der Waals surface area contributed by atoms with Crippen molar-refractivity contribution in [1.29, 1.82) is 0 Å². The third-order valence-electron chi connectivity index (χ3n) is 2.99. The van der Waals surface area contributed by atoms with Crippen molar-refractivity contribution in [2.24, 2.45) is 0 Å². The summed E-state index contributed by atoms with van der Waals surface area (Å²) in [6.45, 7) is 11.3. The highest BCUT2D eigenvalue weighted by atomic mass is 16.5. The summed E-state index contributed by atoms with van der Waals surface area (Å²) in [6, 6.07) is 8.22. The van der Waals surface area contributed by atoms with E-state index in [9.17, 15) is 0 Å². The van der Waals surface area contributed by atoms with Crippen LogP contribution in [0.5, 0.6) is 0 Å². The van der Waals surface area contributed by atoms with E-state index in [0.29, 0.717) is 0 Å². The molecule has 0 radical (unpaired) electrons.